The molecule has 1 saturated heterocycles. The Morgan fingerprint density at radius 2 is 2.06 bits per heavy atom. The molecule has 86 valence electrons. The van der Waals surface area contributed by atoms with E-state index in [0.29, 0.717) is 11.9 Å². The zero-order valence-electron chi connectivity index (χ0n) is 9.05. The van der Waals surface area contributed by atoms with Crippen molar-refractivity contribution in [1.29, 1.82) is 0 Å². The van der Waals surface area contributed by atoms with Crippen molar-refractivity contribution in [3.63, 3.8) is 0 Å². The van der Waals surface area contributed by atoms with Crippen molar-refractivity contribution in [3.05, 3.63) is 30.3 Å². The number of amides is 1. The van der Waals surface area contributed by atoms with Gasteiger partial charge in [0.25, 0.3) is 7.37 Å². The van der Waals surface area contributed by atoms with E-state index in [1.54, 1.807) is 19.1 Å². The molecule has 0 spiro atoms. The highest BCUT2D eigenvalue weighted by Crippen LogP contribution is 2.52. The monoisotopic (exact) mass is 239 g/mol. The highest BCUT2D eigenvalue weighted by molar-refractivity contribution is 7.67. The molecule has 0 aliphatic carbocycles. The third-order valence-electron chi connectivity index (χ3n) is 2.55. The number of carbonyl (C=O) groups excluding carboxylic acids is 1. The molecular weight excluding hydrogens is 225 g/mol. The van der Waals surface area contributed by atoms with Gasteiger partial charge < -0.3 is 9.84 Å². The first-order valence-corrected chi connectivity index (χ1v) is 6.95. The van der Waals surface area contributed by atoms with Crippen molar-refractivity contribution in [1.82, 2.24) is 5.32 Å². The molecule has 2 atom stereocenters. The molecule has 1 aromatic carbocycles. The molecule has 0 bridgehead atoms. The van der Waals surface area contributed by atoms with Crippen molar-refractivity contribution in [2.75, 3.05) is 6.61 Å². The van der Waals surface area contributed by atoms with Crippen LogP contribution in [-0.4, -0.2) is 18.3 Å². The summed E-state index contributed by atoms with van der Waals surface area (Å²) in [7, 11) is -2.95. The minimum absolute atomic E-state index is 0.0686. The molecule has 1 aromatic rings. The van der Waals surface area contributed by atoms with Crippen LogP contribution in [0.2, 0.25) is 0 Å². The molecule has 1 aliphatic rings. The van der Waals surface area contributed by atoms with Crippen LogP contribution in [0, 0.1) is 0 Å². The number of hydrogen-bond donors (Lipinski definition) is 1. The zero-order valence-corrected chi connectivity index (χ0v) is 9.94. The molecule has 16 heavy (non-hydrogen) atoms. The normalized spacial score (nSPS) is 23.1. The first kappa shape index (κ1) is 11.4. The lowest BCUT2D eigenvalue weighted by atomic mass is 10.3. The van der Waals surface area contributed by atoms with Crippen molar-refractivity contribution >= 4 is 18.6 Å². The van der Waals surface area contributed by atoms with E-state index in [2.05, 4.69) is 5.32 Å². The maximum atomic E-state index is 12.7. The van der Waals surface area contributed by atoms with Gasteiger partial charge in [0.05, 0.1) is 13.0 Å². The third kappa shape index (κ3) is 1.91. The van der Waals surface area contributed by atoms with Crippen LogP contribution in [0.4, 0.5) is 0 Å². The van der Waals surface area contributed by atoms with Gasteiger partial charge in [0, 0.05) is 5.30 Å². The van der Waals surface area contributed by atoms with Gasteiger partial charge in [-0.25, -0.2) is 0 Å². The second-order valence-electron chi connectivity index (χ2n) is 3.64. The van der Waals surface area contributed by atoms with Gasteiger partial charge in [-0.1, -0.05) is 18.2 Å². The van der Waals surface area contributed by atoms with E-state index in [0.717, 1.165) is 0 Å². The molecular formula is C11H14NO3P. The fourth-order valence-corrected chi connectivity index (χ4v) is 4.10. The average molecular weight is 239 g/mol. The fraction of sp³-hybridized carbons (Fsp3) is 0.364. The molecule has 2 rings (SSSR count). The van der Waals surface area contributed by atoms with Gasteiger partial charge >= 0.3 is 0 Å². The van der Waals surface area contributed by atoms with Gasteiger partial charge in [-0.05, 0) is 19.1 Å². The van der Waals surface area contributed by atoms with Crippen LogP contribution in [0.1, 0.15) is 13.3 Å². The van der Waals surface area contributed by atoms with E-state index in [1.165, 1.54) is 0 Å². The smallest absolute Gasteiger partial charge is 0.254 e. The third-order valence-corrected chi connectivity index (χ3v) is 5.35. The van der Waals surface area contributed by atoms with Crippen molar-refractivity contribution < 1.29 is 13.9 Å². The van der Waals surface area contributed by atoms with Crippen molar-refractivity contribution in [2.45, 2.75) is 19.1 Å². The summed E-state index contributed by atoms with van der Waals surface area (Å²) in [5.74, 6) is -0.428. The van der Waals surface area contributed by atoms with Gasteiger partial charge in [0.1, 0.15) is 5.78 Å². The van der Waals surface area contributed by atoms with Crippen LogP contribution in [0.3, 0.4) is 0 Å². The first-order chi connectivity index (χ1) is 7.66. The molecule has 4 nitrogen and oxygen atoms in total. The molecule has 2 unspecified atom stereocenters. The van der Waals surface area contributed by atoms with Crippen LogP contribution in [0.5, 0.6) is 0 Å². The number of benzene rings is 1. The maximum Gasteiger partial charge on any atom is 0.254 e. The fourth-order valence-electron chi connectivity index (χ4n) is 1.72. The molecule has 1 amide bonds. The zero-order chi connectivity index (χ0) is 11.6. The summed E-state index contributed by atoms with van der Waals surface area (Å²) in [5.41, 5.74) is 0. The lowest BCUT2D eigenvalue weighted by Gasteiger charge is -2.33. The first-order valence-electron chi connectivity index (χ1n) is 5.26. The SMILES string of the molecule is CCOP(=O)(c1ccccc1)C1CC(=O)N1. The van der Waals surface area contributed by atoms with Gasteiger partial charge in [-0.15, -0.1) is 0 Å². The van der Waals surface area contributed by atoms with Gasteiger partial charge in [0.15, 0.2) is 0 Å². The van der Waals surface area contributed by atoms with E-state index in [9.17, 15) is 9.36 Å². The number of nitrogens with one attached hydrogen (secondary N) is 1. The van der Waals surface area contributed by atoms with E-state index < -0.39 is 7.37 Å². The van der Waals surface area contributed by atoms with Crippen LogP contribution in [0.15, 0.2) is 30.3 Å². The number of β-lactam (4-membered cyclic amide) rings is 1. The van der Waals surface area contributed by atoms with Gasteiger partial charge in [-0.2, -0.15) is 0 Å². The molecule has 5 heteroatoms. The molecule has 1 heterocycles. The molecule has 1 N–H and O–H groups in total. The number of carbonyl (C=O) groups is 1. The molecule has 1 aliphatic heterocycles. The van der Waals surface area contributed by atoms with E-state index in [-0.39, 0.29) is 18.1 Å². The minimum Gasteiger partial charge on any atom is -0.343 e. The Hall–Kier alpha value is -1.12. The standard InChI is InChI=1S/C11H14NO3P/c1-2-15-16(14,11-8-10(13)12-11)9-6-4-3-5-7-9/h3-7,11H,2,8H2,1H3,(H,12,13). The van der Waals surface area contributed by atoms with Crippen molar-refractivity contribution in [2.24, 2.45) is 0 Å². The van der Waals surface area contributed by atoms with Crippen LogP contribution in [-0.2, 0) is 13.9 Å². The second-order valence-corrected chi connectivity index (χ2v) is 6.23. The number of hydrogen-bond acceptors (Lipinski definition) is 3. The Morgan fingerprint density at radius 3 is 2.56 bits per heavy atom. The summed E-state index contributed by atoms with van der Waals surface area (Å²) in [5, 5.41) is 3.31. The highest BCUT2D eigenvalue weighted by atomic mass is 31.2. The van der Waals surface area contributed by atoms with Crippen LogP contribution in [0.25, 0.3) is 0 Å². The predicted octanol–water partition coefficient (Wildman–Crippen LogP) is 1.47. The minimum atomic E-state index is -2.95. The largest absolute Gasteiger partial charge is 0.343 e. The van der Waals surface area contributed by atoms with E-state index in [4.69, 9.17) is 4.52 Å². The molecule has 0 aromatic heterocycles. The summed E-state index contributed by atoms with van der Waals surface area (Å²) in [6, 6.07) is 9.06. The Balaban J connectivity index is 2.29. The molecule has 0 saturated carbocycles. The van der Waals surface area contributed by atoms with E-state index >= 15 is 0 Å². The maximum absolute atomic E-state index is 12.7. The van der Waals surface area contributed by atoms with Crippen LogP contribution < -0.4 is 10.6 Å². The highest BCUT2D eigenvalue weighted by Gasteiger charge is 2.43. The number of rotatable bonds is 4. The van der Waals surface area contributed by atoms with Crippen LogP contribution >= 0.6 is 7.37 Å². The summed E-state index contributed by atoms with van der Waals surface area (Å²) < 4.78 is 18.1. The molecule has 0 radical (unpaired) electrons. The quantitative estimate of drug-likeness (QED) is 0.639. The predicted molar refractivity (Wildman–Crippen MR) is 61.9 cm³/mol. The Kier molecular flexibility index (Phi) is 3.13. The second kappa shape index (κ2) is 4.40. The summed E-state index contributed by atoms with van der Waals surface area (Å²) in [4.78, 5) is 10.9. The topological polar surface area (TPSA) is 55.4 Å². The average Bonchev–Trinajstić information content (AvgIpc) is 2.26. The van der Waals surface area contributed by atoms with Gasteiger partial charge in [-0.3, -0.25) is 9.36 Å². The summed E-state index contributed by atoms with van der Waals surface area (Å²) in [6.07, 6.45) is 0.284. The van der Waals surface area contributed by atoms with Gasteiger partial charge in [0.2, 0.25) is 5.91 Å². The Bertz CT molecular complexity index is 424. The Morgan fingerprint density at radius 1 is 1.44 bits per heavy atom. The van der Waals surface area contributed by atoms with Crippen molar-refractivity contribution in [3.8, 4) is 0 Å². The molecule has 1 fully saturated rings. The lowest BCUT2D eigenvalue weighted by molar-refractivity contribution is -0.126. The lowest BCUT2D eigenvalue weighted by Crippen LogP contribution is -2.49. The summed E-state index contributed by atoms with van der Waals surface area (Å²) in [6.45, 7) is 2.18. The van der Waals surface area contributed by atoms with E-state index in [1.807, 2.05) is 18.2 Å². The Labute approximate surface area is 94.5 Å². The summed E-state index contributed by atoms with van der Waals surface area (Å²) >= 11 is 0.